The van der Waals surface area contributed by atoms with Crippen LogP contribution in [0.4, 0.5) is 10.5 Å². The van der Waals surface area contributed by atoms with E-state index >= 15 is 0 Å². The molecule has 0 atom stereocenters. The highest BCUT2D eigenvalue weighted by atomic mass is 79.9. The highest BCUT2D eigenvalue weighted by molar-refractivity contribution is 9.10. The maximum Gasteiger partial charge on any atom is 0.338 e. The molecule has 2 aromatic carbocycles. The third-order valence-electron chi connectivity index (χ3n) is 4.02. The van der Waals surface area contributed by atoms with Crippen molar-refractivity contribution in [2.75, 3.05) is 11.5 Å². The number of barbiturate groups is 1. The molecule has 148 valence electrons. The first-order valence-electron chi connectivity index (χ1n) is 8.49. The molecule has 1 saturated heterocycles. The lowest BCUT2D eigenvalue weighted by atomic mass is 10.1. The molecule has 0 spiro atoms. The topological polar surface area (TPSA) is 113 Å². The van der Waals surface area contributed by atoms with Crippen LogP contribution in [0.5, 0.6) is 5.75 Å². The lowest BCUT2D eigenvalue weighted by Crippen LogP contribution is -2.54. The minimum Gasteiger partial charge on any atom is -0.507 e. The predicted octanol–water partition coefficient (Wildman–Crippen LogP) is 3.00. The number of rotatable bonds is 4. The third-order valence-corrected chi connectivity index (χ3v) is 4.66. The van der Waals surface area contributed by atoms with Crippen molar-refractivity contribution in [3.63, 3.8) is 0 Å². The Kier molecular flexibility index (Phi) is 5.79. The number of nitrogens with one attached hydrogen (secondary N) is 1. The average Bonchev–Trinajstić information content (AvgIpc) is 2.68. The van der Waals surface area contributed by atoms with E-state index in [0.717, 1.165) is 4.90 Å². The van der Waals surface area contributed by atoms with Crippen molar-refractivity contribution < 1.29 is 29.0 Å². The number of phenols is 1. The van der Waals surface area contributed by atoms with Gasteiger partial charge in [-0.25, -0.2) is 14.5 Å². The molecule has 0 aromatic heterocycles. The Balaban J connectivity index is 1.93. The number of aromatic hydroxyl groups is 1. The van der Waals surface area contributed by atoms with E-state index in [-0.39, 0.29) is 29.2 Å². The van der Waals surface area contributed by atoms with Gasteiger partial charge in [-0.1, -0.05) is 6.07 Å². The maximum absolute atomic E-state index is 12.8. The first-order chi connectivity index (χ1) is 13.8. The molecule has 0 saturated carbocycles. The summed E-state index contributed by atoms with van der Waals surface area (Å²) in [5.74, 6) is -2.16. The highest BCUT2D eigenvalue weighted by Gasteiger charge is 2.36. The molecule has 0 aliphatic carbocycles. The van der Waals surface area contributed by atoms with Crippen molar-refractivity contribution in [2.45, 2.75) is 6.92 Å². The van der Waals surface area contributed by atoms with Crippen LogP contribution in [0.25, 0.3) is 6.08 Å². The van der Waals surface area contributed by atoms with Crippen LogP contribution in [-0.2, 0) is 14.3 Å². The van der Waals surface area contributed by atoms with Gasteiger partial charge in [0, 0.05) is 0 Å². The molecule has 9 heteroatoms. The molecule has 1 fully saturated rings. The van der Waals surface area contributed by atoms with Crippen LogP contribution in [0, 0.1) is 0 Å². The number of ether oxygens (including phenoxy) is 1. The average molecular weight is 459 g/mol. The number of carbonyl (C=O) groups excluding carboxylic acids is 4. The Morgan fingerprint density at radius 3 is 2.48 bits per heavy atom. The number of amides is 4. The summed E-state index contributed by atoms with van der Waals surface area (Å²) in [7, 11) is 0. The molecule has 1 aliphatic rings. The third kappa shape index (κ3) is 4.19. The number of hydrogen-bond acceptors (Lipinski definition) is 6. The Morgan fingerprint density at radius 1 is 1.17 bits per heavy atom. The Morgan fingerprint density at radius 2 is 1.86 bits per heavy atom. The second-order valence-electron chi connectivity index (χ2n) is 5.94. The fourth-order valence-corrected chi connectivity index (χ4v) is 3.03. The Bertz CT molecular complexity index is 1050. The molecule has 0 unspecified atom stereocenters. The second-order valence-corrected chi connectivity index (χ2v) is 6.79. The van der Waals surface area contributed by atoms with Crippen LogP contribution in [0.1, 0.15) is 22.8 Å². The molecular weight excluding hydrogens is 444 g/mol. The highest BCUT2D eigenvalue weighted by Crippen LogP contribution is 2.27. The summed E-state index contributed by atoms with van der Waals surface area (Å²) in [6.07, 6.45) is 1.31. The number of esters is 1. The minimum absolute atomic E-state index is 0.00469. The summed E-state index contributed by atoms with van der Waals surface area (Å²) in [6, 6.07) is 9.21. The quantitative estimate of drug-likeness (QED) is 0.413. The van der Waals surface area contributed by atoms with Gasteiger partial charge in [-0.3, -0.25) is 14.9 Å². The number of carbonyl (C=O) groups is 4. The van der Waals surface area contributed by atoms with Crippen molar-refractivity contribution in [1.82, 2.24) is 5.32 Å². The maximum atomic E-state index is 12.8. The Labute approximate surface area is 173 Å². The largest absolute Gasteiger partial charge is 0.507 e. The molecule has 1 aliphatic heterocycles. The van der Waals surface area contributed by atoms with E-state index in [4.69, 9.17) is 4.74 Å². The monoisotopic (exact) mass is 458 g/mol. The Hall–Kier alpha value is -3.46. The van der Waals surface area contributed by atoms with Crippen LogP contribution in [-0.4, -0.2) is 35.5 Å². The summed E-state index contributed by atoms with van der Waals surface area (Å²) in [4.78, 5) is 49.8. The van der Waals surface area contributed by atoms with E-state index in [1.54, 1.807) is 6.92 Å². The van der Waals surface area contributed by atoms with Crippen LogP contribution >= 0.6 is 15.9 Å². The van der Waals surface area contributed by atoms with Crippen molar-refractivity contribution in [1.29, 1.82) is 0 Å². The molecule has 29 heavy (non-hydrogen) atoms. The molecule has 2 aromatic rings. The predicted molar refractivity (Wildman–Crippen MR) is 107 cm³/mol. The van der Waals surface area contributed by atoms with Crippen molar-refractivity contribution >= 4 is 51.5 Å². The van der Waals surface area contributed by atoms with E-state index in [1.807, 2.05) is 0 Å². The van der Waals surface area contributed by atoms with Crippen LogP contribution < -0.4 is 10.2 Å². The van der Waals surface area contributed by atoms with Gasteiger partial charge in [-0.2, -0.15) is 0 Å². The van der Waals surface area contributed by atoms with Gasteiger partial charge in [0.1, 0.15) is 11.3 Å². The van der Waals surface area contributed by atoms with Crippen LogP contribution in [0.15, 0.2) is 52.5 Å². The van der Waals surface area contributed by atoms with Gasteiger partial charge in [0.25, 0.3) is 11.8 Å². The smallest absolute Gasteiger partial charge is 0.338 e. The van der Waals surface area contributed by atoms with Gasteiger partial charge in [-0.15, -0.1) is 0 Å². The molecule has 3 rings (SSSR count). The minimum atomic E-state index is -0.895. The van der Waals surface area contributed by atoms with Crippen LogP contribution in [0.2, 0.25) is 0 Å². The van der Waals surface area contributed by atoms with E-state index in [0.29, 0.717) is 10.0 Å². The number of imide groups is 2. The van der Waals surface area contributed by atoms with Gasteiger partial charge in [0.05, 0.1) is 22.3 Å². The molecular formula is C20H15BrN2O6. The fraction of sp³-hybridized carbons (Fsp3) is 0.100. The SMILES string of the molecule is CCOC(=O)c1ccc(N2C(=O)NC(=O)/C(=C\c3ccc(O)c(Br)c3)C2=O)cc1. The van der Waals surface area contributed by atoms with Gasteiger partial charge in [-0.05, 0) is 70.9 Å². The lowest BCUT2D eigenvalue weighted by molar-refractivity contribution is -0.122. The molecule has 2 N–H and O–H groups in total. The van der Waals surface area contributed by atoms with Crippen molar-refractivity contribution in [3.05, 3.63) is 63.6 Å². The van der Waals surface area contributed by atoms with Crippen LogP contribution in [0.3, 0.4) is 0 Å². The summed E-state index contributed by atoms with van der Waals surface area (Å²) in [6.45, 7) is 1.90. The normalized spacial score (nSPS) is 15.4. The van der Waals surface area contributed by atoms with Gasteiger partial charge >= 0.3 is 12.0 Å². The molecule has 4 amide bonds. The van der Waals surface area contributed by atoms with Gasteiger partial charge in [0.2, 0.25) is 0 Å². The summed E-state index contributed by atoms with van der Waals surface area (Å²) < 4.78 is 5.28. The zero-order valence-corrected chi connectivity index (χ0v) is 16.7. The lowest BCUT2D eigenvalue weighted by Gasteiger charge is -2.26. The molecule has 0 bridgehead atoms. The van der Waals surface area contributed by atoms with E-state index in [1.165, 1.54) is 48.5 Å². The zero-order chi connectivity index (χ0) is 21.1. The fourth-order valence-electron chi connectivity index (χ4n) is 2.63. The van der Waals surface area contributed by atoms with E-state index in [2.05, 4.69) is 21.2 Å². The summed E-state index contributed by atoms with van der Waals surface area (Å²) >= 11 is 3.16. The number of urea groups is 1. The first kappa shape index (κ1) is 20.3. The van der Waals surface area contributed by atoms with Gasteiger partial charge in [0.15, 0.2) is 0 Å². The first-order valence-corrected chi connectivity index (χ1v) is 9.28. The number of phenolic OH excluding ortho intramolecular Hbond substituents is 1. The number of halogens is 1. The van der Waals surface area contributed by atoms with E-state index in [9.17, 15) is 24.3 Å². The summed E-state index contributed by atoms with van der Waals surface area (Å²) in [5.41, 5.74) is 0.670. The molecule has 0 radical (unpaired) electrons. The number of nitrogens with zero attached hydrogens (tertiary/aromatic N) is 1. The number of hydrogen-bond donors (Lipinski definition) is 2. The summed E-state index contributed by atoms with van der Waals surface area (Å²) in [5, 5.41) is 11.7. The number of benzene rings is 2. The molecule has 8 nitrogen and oxygen atoms in total. The molecule has 1 heterocycles. The van der Waals surface area contributed by atoms with Crippen molar-refractivity contribution in [2.24, 2.45) is 0 Å². The standard InChI is InChI=1S/C20H15BrN2O6/c1-2-29-19(27)12-4-6-13(7-5-12)23-18(26)14(17(25)22-20(23)28)9-11-3-8-16(24)15(21)10-11/h3-10,24H,2H2,1H3,(H,22,25,28)/b14-9+. The van der Waals surface area contributed by atoms with Crippen molar-refractivity contribution in [3.8, 4) is 5.75 Å². The van der Waals surface area contributed by atoms with Gasteiger partial charge < -0.3 is 9.84 Å². The zero-order valence-electron chi connectivity index (χ0n) is 15.1. The van der Waals surface area contributed by atoms with E-state index < -0.39 is 23.8 Å². The number of anilines is 1. The second kappa shape index (κ2) is 8.27.